The molecule has 1 N–H and O–H groups in total. The number of hydrogen-bond acceptors (Lipinski definition) is 4. The summed E-state index contributed by atoms with van der Waals surface area (Å²) in [7, 11) is 0. The van der Waals surface area contributed by atoms with E-state index in [-0.39, 0.29) is 17.4 Å². The van der Waals surface area contributed by atoms with Gasteiger partial charge in [0.1, 0.15) is 5.76 Å². The second-order valence-corrected chi connectivity index (χ2v) is 7.72. The standard InChI is InChI=1S/C21H26N2O3/c1-14-17(15(2)26-22-14)7-8-20(25)23-11-9-21(10-12-23)18-6-4-3-5-16(18)13-19(21)24/h3-6,19,24H,7-13H2,1-2H3/t19-/m0/s1. The van der Waals surface area contributed by atoms with Crippen molar-refractivity contribution in [3.8, 4) is 0 Å². The van der Waals surface area contributed by atoms with Crippen LogP contribution in [0.15, 0.2) is 28.8 Å². The van der Waals surface area contributed by atoms with E-state index in [1.165, 1.54) is 11.1 Å². The van der Waals surface area contributed by atoms with Gasteiger partial charge in [0.2, 0.25) is 5.91 Å². The summed E-state index contributed by atoms with van der Waals surface area (Å²) in [6.45, 7) is 5.24. The summed E-state index contributed by atoms with van der Waals surface area (Å²) < 4.78 is 5.18. The number of aromatic nitrogens is 1. The van der Waals surface area contributed by atoms with E-state index in [1.54, 1.807) is 0 Å². The number of aliphatic hydroxyl groups is 1. The molecule has 1 spiro atoms. The Balaban J connectivity index is 1.40. The molecule has 26 heavy (non-hydrogen) atoms. The van der Waals surface area contributed by atoms with Crippen molar-refractivity contribution in [2.45, 2.75) is 57.5 Å². The Morgan fingerprint density at radius 2 is 2.04 bits per heavy atom. The lowest BCUT2D eigenvalue weighted by Crippen LogP contribution is -2.49. The highest BCUT2D eigenvalue weighted by molar-refractivity contribution is 5.76. The molecule has 1 aromatic carbocycles. The normalized spacial score (nSPS) is 21.2. The minimum absolute atomic E-state index is 0.172. The van der Waals surface area contributed by atoms with Gasteiger partial charge >= 0.3 is 0 Å². The minimum Gasteiger partial charge on any atom is -0.392 e. The maximum atomic E-state index is 12.7. The molecule has 0 bridgehead atoms. The minimum atomic E-state index is -0.334. The van der Waals surface area contributed by atoms with Crippen molar-refractivity contribution in [3.63, 3.8) is 0 Å². The number of fused-ring (bicyclic) bond motifs is 2. The van der Waals surface area contributed by atoms with Crippen LogP contribution in [-0.4, -0.2) is 40.3 Å². The van der Waals surface area contributed by atoms with Gasteiger partial charge in [-0.25, -0.2) is 0 Å². The van der Waals surface area contributed by atoms with Crippen LogP contribution >= 0.6 is 0 Å². The second-order valence-electron chi connectivity index (χ2n) is 7.72. The second kappa shape index (κ2) is 6.54. The molecule has 1 fully saturated rings. The molecule has 0 unspecified atom stereocenters. The number of aryl methyl sites for hydroxylation is 2. The third-order valence-corrected chi connectivity index (χ3v) is 6.38. The van der Waals surface area contributed by atoms with Gasteiger partial charge in [0.05, 0.1) is 11.8 Å². The van der Waals surface area contributed by atoms with Crippen LogP contribution in [0, 0.1) is 13.8 Å². The maximum absolute atomic E-state index is 12.7. The van der Waals surface area contributed by atoms with Crippen LogP contribution in [0.3, 0.4) is 0 Å². The molecule has 5 heteroatoms. The first-order valence-corrected chi connectivity index (χ1v) is 9.47. The summed E-state index contributed by atoms with van der Waals surface area (Å²) in [5.74, 6) is 0.985. The average Bonchev–Trinajstić information content (AvgIpc) is 3.11. The summed E-state index contributed by atoms with van der Waals surface area (Å²) in [5.41, 5.74) is 4.30. The Labute approximate surface area is 154 Å². The molecule has 5 nitrogen and oxygen atoms in total. The Morgan fingerprint density at radius 3 is 2.73 bits per heavy atom. The highest BCUT2D eigenvalue weighted by Crippen LogP contribution is 2.46. The summed E-state index contributed by atoms with van der Waals surface area (Å²) >= 11 is 0. The fourth-order valence-electron chi connectivity index (χ4n) is 4.77. The topological polar surface area (TPSA) is 66.6 Å². The largest absolute Gasteiger partial charge is 0.392 e. The van der Waals surface area contributed by atoms with Crippen LogP contribution in [0.1, 0.15) is 47.4 Å². The van der Waals surface area contributed by atoms with E-state index in [4.69, 9.17) is 4.52 Å². The van der Waals surface area contributed by atoms with Crippen LogP contribution < -0.4 is 0 Å². The summed E-state index contributed by atoms with van der Waals surface area (Å²) in [4.78, 5) is 14.6. The number of carbonyl (C=O) groups excluding carboxylic acids is 1. The molecule has 1 aliphatic heterocycles. The summed E-state index contributed by atoms with van der Waals surface area (Å²) in [6, 6.07) is 8.37. The van der Waals surface area contributed by atoms with Crippen LogP contribution in [0.4, 0.5) is 0 Å². The van der Waals surface area contributed by atoms with Crippen molar-refractivity contribution in [3.05, 3.63) is 52.4 Å². The molecule has 1 aliphatic carbocycles. The van der Waals surface area contributed by atoms with Gasteiger partial charge in [-0.3, -0.25) is 4.79 Å². The average molecular weight is 354 g/mol. The Hall–Kier alpha value is -2.14. The number of amides is 1. The van der Waals surface area contributed by atoms with Crippen LogP contribution in [-0.2, 0) is 23.1 Å². The molecule has 2 aromatic rings. The molecule has 4 rings (SSSR count). The summed E-state index contributed by atoms with van der Waals surface area (Å²) in [6.07, 6.45) is 3.22. The molecule has 2 aliphatic rings. The van der Waals surface area contributed by atoms with E-state index in [1.807, 2.05) is 24.8 Å². The molecule has 1 amide bonds. The third-order valence-electron chi connectivity index (χ3n) is 6.38. The van der Waals surface area contributed by atoms with Crippen LogP contribution in [0.2, 0.25) is 0 Å². The summed E-state index contributed by atoms with van der Waals surface area (Å²) in [5, 5.41) is 14.7. The van der Waals surface area contributed by atoms with Crippen molar-refractivity contribution in [1.29, 1.82) is 0 Å². The zero-order valence-electron chi connectivity index (χ0n) is 15.5. The lowest BCUT2D eigenvalue weighted by molar-refractivity contribution is -0.133. The van der Waals surface area contributed by atoms with Gasteiger partial charge in [0, 0.05) is 30.5 Å². The number of aliphatic hydroxyl groups excluding tert-OH is 1. The van der Waals surface area contributed by atoms with Gasteiger partial charge in [-0.15, -0.1) is 0 Å². The number of hydrogen-bond donors (Lipinski definition) is 1. The van der Waals surface area contributed by atoms with Crippen molar-refractivity contribution < 1.29 is 14.4 Å². The highest BCUT2D eigenvalue weighted by Gasteiger charge is 2.47. The number of likely N-dealkylation sites (tertiary alicyclic amines) is 1. The van der Waals surface area contributed by atoms with Gasteiger partial charge in [0.25, 0.3) is 0 Å². The predicted molar refractivity (Wildman–Crippen MR) is 97.9 cm³/mol. The maximum Gasteiger partial charge on any atom is 0.222 e. The van der Waals surface area contributed by atoms with Gasteiger partial charge < -0.3 is 14.5 Å². The SMILES string of the molecule is Cc1noc(C)c1CCC(=O)N1CCC2(CC1)c1ccccc1C[C@@H]2O. The molecular formula is C21H26N2O3. The van der Waals surface area contributed by atoms with Gasteiger partial charge in [-0.05, 0) is 50.7 Å². The first-order chi connectivity index (χ1) is 12.5. The molecule has 1 saturated heterocycles. The van der Waals surface area contributed by atoms with E-state index < -0.39 is 0 Å². The molecule has 2 heterocycles. The van der Waals surface area contributed by atoms with Crippen LogP contribution in [0.25, 0.3) is 0 Å². The predicted octanol–water partition coefficient (Wildman–Crippen LogP) is 2.70. The molecular weight excluding hydrogens is 328 g/mol. The van der Waals surface area contributed by atoms with E-state index in [0.29, 0.717) is 25.9 Å². The Morgan fingerprint density at radius 1 is 1.31 bits per heavy atom. The molecule has 138 valence electrons. The quantitative estimate of drug-likeness (QED) is 0.920. The van der Waals surface area contributed by atoms with Gasteiger partial charge in [0.15, 0.2) is 0 Å². The molecule has 1 aromatic heterocycles. The third kappa shape index (κ3) is 2.75. The van der Waals surface area contributed by atoms with Crippen molar-refractivity contribution in [2.75, 3.05) is 13.1 Å². The highest BCUT2D eigenvalue weighted by atomic mass is 16.5. The molecule has 0 radical (unpaired) electrons. The van der Waals surface area contributed by atoms with Crippen molar-refractivity contribution in [1.82, 2.24) is 10.1 Å². The Kier molecular flexibility index (Phi) is 4.35. The van der Waals surface area contributed by atoms with E-state index in [0.717, 1.165) is 36.3 Å². The number of nitrogens with zero attached hydrogens (tertiary/aromatic N) is 2. The van der Waals surface area contributed by atoms with E-state index >= 15 is 0 Å². The lowest BCUT2D eigenvalue weighted by atomic mass is 9.72. The zero-order chi connectivity index (χ0) is 18.3. The first kappa shape index (κ1) is 17.3. The fourth-order valence-corrected chi connectivity index (χ4v) is 4.77. The number of carbonyl (C=O) groups is 1. The fraction of sp³-hybridized carbons (Fsp3) is 0.524. The van der Waals surface area contributed by atoms with Gasteiger partial charge in [-0.1, -0.05) is 29.4 Å². The Bertz CT molecular complexity index is 799. The number of piperidine rings is 1. The van der Waals surface area contributed by atoms with Crippen molar-refractivity contribution >= 4 is 5.91 Å². The number of benzene rings is 1. The van der Waals surface area contributed by atoms with Gasteiger partial charge in [-0.2, -0.15) is 0 Å². The smallest absolute Gasteiger partial charge is 0.222 e. The molecule has 1 atom stereocenters. The van der Waals surface area contributed by atoms with Crippen LogP contribution in [0.5, 0.6) is 0 Å². The van der Waals surface area contributed by atoms with E-state index in [9.17, 15) is 9.90 Å². The van der Waals surface area contributed by atoms with E-state index in [2.05, 4.69) is 23.4 Å². The monoisotopic (exact) mass is 354 g/mol. The van der Waals surface area contributed by atoms with Crippen molar-refractivity contribution in [2.24, 2.45) is 0 Å². The zero-order valence-corrected chi connectivity index (χ0v) is 15.5. The molecule has 0 saturated carbocycles. The first-order valence-electron chi connectivity index (χ1n) is 9.47. The lowest BCUT2D eigenvalue weighted by Gasteiger charge is -2.42. The number of rotatable bonds is 3.